The van der Waals surface area contributed by atoms with Gasteiger partial charge >= 0.3 is 0 Å². The highest BCUT2D eigenvalue weighted by Gasteiger charge is 2.28. The van der Waals surface area contributed by atoms with Crippen molar-refractivity contribution in [3.05, 3.63) is 17.5 Å². The molecule has 0 bridgehead atoms. The first-order valence-electron chi connectivity index (χ1n) is 4.38. The molecule has 12 heavy (non-hydrogen) atoms. The van der Waals surface area contributed by atoms with E-state index < -0.39 is 0 Å². The number of aromatic nitrogens is 1. The molecule has 0 aliphatic rings. The minimum atomic E-state index is 0.0846. The molecule has 1 aromatic heterocycles. The lowest BCUT2D eigenvalue weighted by Crippen LogP contribution is -2.23. The summed E-state index contributed by atoms with van der Waals surface area (Å²) in [6.07, 6.45) is 0. The lowest BCUT2D eigenvalue weighted by Gasteiger charge is -2.25. The Labute approximate surface area is 74.0 Å². The third kappa shape index (κ3) is 1.52. The molecular formula is C10H17NO. The molecule has 1 heterocycles. The Balaban J connectivity index is 2.97. The minimum Gasteiger partial charge on any atom is -0.361 e. The standard InChI is InChI=1S/C10H17NO/c1-7(2)10(4,5)9-6-8(3)11-12-9/h6-7H,1-5H3. The molecule has 0 fully saturated rings. The molecule has 0 saturated heterocycles. The molecule has 2 nitrogen and oxygen atoms in total. The first-order chi connectivity index (χ1) is 5.44. The van der Waals surface area contributed by atoms with E-state index in [-0.39, 0.29) is 5.41 Å². The maximum atomic E-state index is 5.24. The van der Waals surface area contributed by atoms with Gasteiger partial charge in [-0.2, -0.15) is 0 Å². The van der Waals surface area contributed by atoms with Crippen LogP contribution in [-0.2, 0) is 5.41 Å². The Hall–Kier alpha value is -0.790. The van der Waals surface area contributed by atoms with Crippen molar-refractivity contribution in [3.8, 4) is 0 Å². The molecule has 0 spiro atoms. The van der Waals surface area contributed by atoms with Crippen LogP contribution in [0.4, 0.5) is 0 Å². The van der Waals surface area contributed by atoms with Gasteiger partial charge in [0, 0.05) is 11.5 Å². The van der Waals surface area contributed by atoms with Crippen molar-refractivity contribution in [1.29, 1.82) is 0 Å². The molecule has 0 aliphatic carbocycles. The fourth-order valence-corrected chi connectivity index (χ4v) is 0.952. The number of hydrogen-bond acceptors (Lipinski definition) is 2. The SMILES string of the molecule is Cc1cc(C(C)(C)C(C)C)on1. The summed E-state index contributed by atoms with van der Waals surface area (Å²) in [7, 11) is 0. The van der Waals surface area contributed by atoms with Gasteiger partial charge in [-0.1, -0.05) is 32.9 Å². The van der Waals surface area contributed by atoms with Crippen molar-refractivity contribution in [1.82, 2.24) is 5.16 Å². The molecule has 1 rings (SSSR count). The van der Waals surface area contributed by atoms with Gasteiger partial charge in [-0.05, 0) is 12.8 Å². The van der Waals surface area contributed by atoms with Gasteiger partial charge in [-0.3, -0.25) is 0 Å². The third-order valence-corrected chi connectivity index (χ3v) is 2.71. The highest BCUT2D eigenvalue weighted by atomic mass is 16.5. The monoisotopic (exact) mass is 167 g/mol. The van der Waals surface area contributed by atoms with E-state index in [2.05, 4.69) is 32.9 Å². The van der Waals surface area contributed by atoms with Gasteiger partial charge in [0.05, 0.1) is 5.69 Å². The van der Waals surface area contributed by atoms with Gasteiger partial charge in [0.2, 0.25) is 0 Å². The van der Waals surface area contributed by atoms with Crippen LogP contribution in [0.1, 0.15) is 39.1 Å². The van der Waals surface area contributed by atoms with E-state index in [0.29, 0.717) is 5.92 Å². The zero-order valence-electron chi connectivity index (χ0n) is 8.51. The highest BCUT2D eigenvalue weighted by molar-refractivity contribution is 5.13. The summed E-state index contributed by atoms with van der Waals surface area (Å²) in [5.74, 6) is 1.54. The Morgan fingerprint density at radius 2 is 2.00 bits per heavy atom. The molecule has 68 valence electrons. The molecule has 0 saturated carbocycles. The Morgan fingerprint density at radius 3 is 2.33 bits per heavy atom. The molecule has 0 aromatic carbocycles. The van der Waals surface area contributed by atoms with Crippen molar-refractivity contribution in [2.75, 3.05) is 0 Å². The zero-order chi connectivity index (χ0) is 9.35. The molecule has 0 atom stereocenters. The van der Waals surface area contributed by atoms with Crippen LogP contribution >= 0.6 is 0 Å². The Kier molecular flexibility index (Phi) is 2.27. The molecule has 0 amide bonds. The fraction of sp³-hybridized carbons (Fsp3) is 0.700. The van der Waals surface area contributed by atoms with Gasteiger partial charge in [0.25, 0.3) is 0 Å². The van der Waals surface area contributed by atoms with E-state index in [1.165, 1.54) is 0 Å². The molecule has 0 unspecified atom stereocenters. The van der Waals surface area contributed by atoms with Crippen LogP contribution in [0.3, 0.4) is 0 Å². The Morgan fingerprint density at radius 1 is 1.42 bits per heavy atom. The maximum absolute atomic E-state index is 5.24. The number of aryl methyl sites for hydroxylation is 1. The molecule has 0 radical (unpaired) electrons. The van der Waals surface area contributed by atoms with Gasteiger partial charge in [0.1, 0.15) is 5.76 Å². The van der Waals surface area contributed by atoms with Crippen LogP contribution in [0.15, 0.2) is 10.6 Å². The van der Waals surface area contributed by atoms with Crippen molar-refractivity contribution in [2.45, 2.75) is 40.0 Å². The third-order valence-electron chi connectivity index (χ3n) is 2.71. The Bertz CT molecular complexity index is 261. The van der Waals surface area contributed by atoms with Crippen LogP contribution in [0.2, 0.25) is 0 Å². The van der Waals surface area contributed by atoms with Crippen molar-refractivity contribution < 1.29 is 4.52 Å². The topological polar surface area (TPSA) is 26.0 Å². The van der Waals surface area contributed by atoms with E-state index in [1.807, 2.05) is 13.0 Å². The lowest BCUT2D eigenvalue weighted by atomic mass is 9.79. The maximum Gasteiger partial charge on any atom is 0.142 e. The smallest absolute Gasteiger partial charge is 0.142 e. The summed E-state index contributed by atoms with van der Waals surface area (Å²) in [5.41, 5.74) is 1.04. The zero-order valence-corrected chi connectivity index (χ0v) is 8.51. The predicted molar refractivity (Wildman–Crippen MR) is 49.1 cm³/mol. The van der Waals surface area contributed by atoms with Crippen LogP contribution in [0, 0.1) is 12.8 Å². The van der Waals surface area contributed by atoms with Crippen molar-refractivity contribution in [3.63, 3.8) is 0 Å². The van der Waals surface area contributed by atoms with Crippen molar-refractivity contribution in [2.24, 2.45) is 5.92 Å². The van der Waals surface area contributed by atoms with Gasteiger partial charge in [-0.15, -0.1) is 0 Å². The van der Waals surface area contributed by atoms with E-state index in [1.54, 1.807) is 0 Å². The first kappa shape index (κ1) is 9.30. The molecule has 2 heteroatoms. The summed E-state index contributed by atoms with van der Waals surface area (Å²) in [6, 6.07) is 2.01. The van der Waals surface area contributed by atoms with E-state index >= 15 is 0 Å². The molecule has 0 N–H and O–H groups in total. The summed E-state index contributed by atoms with van der Waals surface area (Å²) >= 11 is 0. The van der Waals surface area contributed by atoms with Crippen molar-refractivity contribution >= 4 is 0 Å². The van der Waals surface area contributed by atoms with Crippen LogP contribution in [0.5, 0.6) is 0 Å². The number of hydrogen-bond donors (Lipinski definition) is 0. The first-order valence-corrected chi connectivity index (χ1v) is 4.38. The summed E-state index contributed by atoms with van der Waals surface area (Å²) < 4.78 is 5.24. The van der Waals surface area contributed by atoms with Gasteiger partial charge < -0.3 is 4.52 Å². The van der Waals surface area contributed by atoms with Crippen LogP contribution in [0.25, 0.3) is 0 Å². The predicted octanol–water partition coefficient (Wildman–Crippen LogP) is 2.92. The fourth-order valence-electron chi connectivity index (χ4n) is 0.952. The number of nitrogens with zero attached hydrogens (tertiary/aromatic N) is 1. The van der Waals surface area contributed by atoms with E-state index in [0.717, 1.165) is 11.5 Å². The van der Waals surface area contributed by atoms with E-state index in [4.69, 9.17) is 4.52 Å². The largest absolute Gasteiger partial charge is 0.361 e. The summed E-state index contributed by atoms with van der Waals surface area (Å²) in [4.78, 5) is 0. The molecule has 0 aliphatic heterocycles. The normalized spacial score (nSPS) is 12.5. The second-order valence-electron chi connectivity index (χ2n) is 4.21. The van der Waals surface area contributed by atoms with Crippen LogP contribution < -0.4 is 0 Å². The minimum absolute atomic E-state index is 0.0846. The average molecular weight is 167 g/mol. The molecule has 1 aromatic rings. The van der Waals surface area contributed by atoms with Gasteiger partial charge in [-0.25, -0.2) is 0 Å². The lowest BCUT2D eigenvalue weighted by molar-refractivity contribution is 0.262. The number of rotatable bonds is 2. The highest BCUT2D eigenvalue weighted by Crippen LogP contribution is 2.31. The van der Waals surface area contributed by atoms with E-state index in [9.17, 15) is 0 Å². The summed E-state index contributed by atoms with van der Waals surface area (Å²) in [6.45, 7) is 10.7. The molecular weight excluding hydrogens is 150 g/mol. The van der Waals surface area contributed by atoms with Crippen LogP contribution in [-0.4, -0.2) is 5.16 Å². The summed E-state index contributed by atoms with van der Waals surface area (Å²) in [5, 5.41) is 3.89. The second-order valence-corrected chi connectivity index (χ2v) is 4.21. The second kappa shape index (κ2) is 2.92. The average Bonchev–Trinajstić information content (AvgIpc) is 2.35. The quantitative estimate of drug-likeness (QED) is 0.677. The van der Waals surface area contributed by atoms with Gasteiger partial charge in [0.15, 0.2) is 0 Å².